The van der Waals surface area contributed by atoms with Crippen molar-refractivity contribution in [3.63, 3.8) is 0 Å². The highest BCUT2D eigenvalue weighted by molar-refractivity contribution is 9.10. The zero-order valence-electron chi connectivity index (χ0n) is 10.7. The highest BCUT2D eigenvalue weighted by Gasteiger charge is 2.09. The van der Waals surface area contributed by atoms with E-state index in [1.165, 1.54) is 13.2 Å². The molecule has 0 aliphatic rings. The molecular formula is C15H12BrFO3. The SMILES string of the molecule is COC(=O)c1ccc(COc2ccccc2F)c(Br)c1. The molecule has 0 saturated carbocycles. The highest BCUT2D eigenvalue weighted by Crippen LogP contribution is 2.22. The van der Waals surface area contributed by atoms with Crippen LogP contribution in [-0.4, -0.2) is 13.1 Å². The maximum Gasteiger partial charge on any atom is 0.337 e. The number of hydrogen-bond acceptors (Lipinski definition) is 3. The molecule has 0 bridgehead atoms. The van der Waals surface area contributed by atoms with Crippen molar-refractivity contribution in [2.45, 2.75) is 6.61 Å². The van der Waals surface area contributed by atoms with Crippen LogP contribution >= 0.6 is 15.9 Å². The minimum Gasteiger partial charge on any atom is -0.486 e. The molecule has 0 aliphatic heterocycles. The Bertz CT molecular complexity index is 628. The fourth-order valence-electron chi connectivity index (χ4n) is 1.63. The van der Waals surface area contributed by atoms with Gasteiger partial charge >= 0.3 is 5.97 Å². The van der Waals surface area contributed by atoms with Gasteiger partial charge in [0, 0.05) is 10.0 Å². The van der Waals surface area contributed by atoms with Crippen molar-refractivity contribution in [1.29, 1.82) is 0 Å². The summed E-state index contributed by atoms with van der Waals surface area (Å²) in [7, 11) is 1.32. The van der Waals surface area contributed by atoms with Crippen molar-refractivity contribution in [2.24, 2.45) is 0 Å². The Balaban J connectivity index is 2.11. The van der Waals surface area contributed by atoms with E-state index in [4.69, 9.17) is 4.74 Å². The van der Waals surface area contributed by atoms with Gasteiger partial charge in [0.25, 0.3) is 0 Å². The Morgan fingerprint density at radius 2 is 2.00 bits per heavy atom. The first-order chi connectivity index (χ1) is 9.61. The quantitative estimate of drug-likeness (QED) is 0.791. The topological polar surface area (TPSA) is 35.5 Å². The van der Waals surface area contributed by atoms with Gasteiger partial charge in [-0.1, -0.05) is 34.1 Å². The third kappa shape index (κ3) is 3.36. The number of benzene rings is 2. The predicted octanol–water partition coefficient (Wildman–Crippen LogP) is 3.95. The van der Waals surface area contributed by atoms with Gasteiger partial charge in [0.1, 0.15) is 6.61 Å². The molecule has 0 radical (unpaired) electrons. The number of carbonyl (C=O) groups is 1. The molecule has 20 heavy (non-hydrogen) atoms. The van der Waals surface area contributed by atoms with Crippen LogP contribution in [0.2, 0.25) is 0 Å². The van der Waals surface area contributed by atoms with Gasteiger partial charge in [0.2, 0.25) is 0 Å². The predicted molar refractivity (Wildman–Crippen MR) is 76.2 cm³/mol. The van der Waals surface area contributed by atoms with Gasteiger partial charge in [-0.2, -0.15) is 0 Å². The average molecular weight is 339 g/mol. The third-order valence-corrected chi connectivity index (χ3v) is 3.43. The number of para-hydroxylation sites is 1. The van der Waals surface area contributed by atoms with Gasteiger partial charge in [-0.05, 0) is 24.3 Å². The summed E-state index contributed by atoms with van der Waals surface area (Å²) >= 11 is 3.36. The second-order valence-corrected chi connectivity index (χ2v) is 4.87. The minimum absolute atomic E-state index is 0.191. The van der Waals surface area contributed by atoms with E-state index in [0.717, 1.165) is 5.56 Å². The fraction of sp³-hybridized carbons (Fsp3) is 0.133. The average Bonchev–Trinajstić information content (AvgIpc) is 2.46. The van der Waals surface area contributed by atoms with Gasteiger partial charge in [0.15, 0.2) is 11.6 Å². The second kappa shape index (κ2) is 6.52. The minimum atomic E-state index is -0.410. The summed E-state index contributed by atoms with van der Waals surface area (Å²) in [6, 6.07) is 11.2. The lowest BCUT2D eigenvalue weighted by molar-refractivity contribution is 0.0600. The molecule has 3 nitrogen and oxygen atoms in total. The van der Waals surface area contributed by atoms with Crippen molar-refractivity contribution in [3.8, 4) is 5.75 Å². The molecule has 0 amide bonds. The number of esters is 1. The summed E-state index contributed by atoms with van der Waals surface area (Å²) in [5.41, 5.74) is 1.25. The van der Waals surface area contributed by atoms with Crippen LogP contribution in [0.15, 0.2) is 46.9 Å². The maximum absolute atomic E-state index is 13.4. The zero-order valence-corrected chi connectivity index (χ0v) is 12.3. The molecule has 2 aromatic rings. The molecule has 0 spiro atoms. The van der Waals surface area contributed by atoms with E-state index in [9.17, 15) is 9.18 Å². The number of ether oxygens (including phenoxy) is 2. The molecule has 0 heterocycles. The lowest BCUT2D eigenvalue weighted by atomic mass is 10.1. The largest absolute Gasteiger partial charge is 0.486 e. The van der Waals surface area contributed by atoms with Crippen molar-refractivity contribution >= 4 is 21.9 Å². The van der Waals surface area contributed by atoms with Crippen LogP contribution in [0, 0.1) is 5.82 Å². The molecule has 0 atom stereocenters. The van der Waals surface area contributed by atoms with Gasteiger partial charge in [-0.15, -0.1) is 0 Å². The lowest BCUT2D eigenvalue weighted by Gasteiger charge is -2.09. The standard InChI is InChI=1S/C15H12BrFO3/c1-19-15(18)10-6-7-11(12(16)8-10)9-20-14-5-3-2-4-13(14)17/h2-8H,9H2,1H3. The van der Waals surface area contributed by atoms with E-state index in [1.54, 1.807) is 36.4 Å². The van der Waals surface area contributed by atoms with Crippen LogP contribution in [0.5, 0.6) is 5.75 Å². The molecule has 0 aliphatic carbocycles. The number of carbonyl (C=O) groups excluding carboxylic acids is 1. The zero-order chi connectivity index (χ0) is 14.5. The second-order valence-electron chi connectivity index (χ2n) is 4.02. The molecule has 0 fully saturated rings. The van der Waals surface area contributed by atoms with E-state index in [0.29, 0.717) is 10.0 Å². The van der Waals surface area contributed by atoms with Gasteiger partial charge in [-0.25, -0.2) is 9.18 Å². The Kier molecular flexibility index (Phi) is 4.74. The van der Waals surface area contributed by atoms with E-state index in [1.807, 2.05) is 0 Å². The van der Waals surface area contributed by atoms with E-state index < -0.39 is 11.8 Å². The number of rotatable bonds is 4. The van der Waals surface area contributed by atoms with Crippen LogP contribution in [0.1, 0.15) is 15.9 Å². The summed E-state index contributed by atoms with van der Waals surface area (Å²) in [6.07, 6.45) is 0. The van der Waals surface area contributed by atoms with Gasteiger partial charge in [-0.3, -0.25) is 0 Å². The first-order valence-electron chi connectivity index (χ1n) is 5.86. The Hall–Kier alpha value is -1.88. The van der Waals surface area contributed by atoms with Crippen LogP contribution < -0.4 is 4.74 Å². The van der Waals surface area contributed by atoms with E-state index >= 15 is 0 Å². The third-order valence-electron chi connectivity index (χ3n) is 2.69. The smallest absolute Gasteiger partial charge is 0.337 e. The van der Waals surface area contributed by atoms with Crippen LogP contribution in [0.3, 0.4) is 0 Å². The van der Waals surface area contributed by atoms with Gasteiger partial charge in [0.05, 0.1) is 12.7 Å². The van der Waals surface area contributed by atoms with Crippen LogP contribution in [0.25, 0.3) is 0 Å². The molecule has 0 unspecified atom stereocenters. The molecule has 104 valence electrons. The highest BCUT2D eigenvalue weighted by atomic mass is 79.9. The maximum atomic E-state index is 13.4. The molecule has 0 saturated heterocycles. The first-order valence-corrected chi connectivity index (χ1v) is 6.65. The summed E-state index contributed by atoms with van der Waals surface area (Å²) in [5, 5.41) is 0. The monoisotopic (exact) mass is 338 g/mol. The summed E-state index contributed by atoms with van der Waals surface area (Å²) < 4.78 is 24.2. The molecule has 2 rings (SSSR count). The van der Waals surface area contributed by atoms with Crippen molar-refractivity contribution in [2.75, 3.05) is 7.11 Å². The van der Waals surface area contributed by atoms with Crippen molar-refractivity contribution in [3.05, 3.63) is 63.9 Å². The Labute approximate surface area is 124 Å². The normalized spacial score (nSPS) is 10.2. The Morgan fingerprint density at radius 1 is 1.25 bits per heavy atom. The number of hydrogen-bond donors (Lipinski definition) is 0. The van der Waals surface area contributed by atoms with Gasteiger partial charge < -0.3 is 9.47 Å². The molecule has 0 N–H and O–H groups in total. The Morgan fingerprint density at radius 3 is 2.65 bits per heavy atom. The molecular weight excluding hydrogens is 327 g/mol. The molecule has 2 aromatic carbocycles. The molecule has 0 aromatic heterocycles. The summed E-state index contributed by atoms with van der Waals surface area (Å²) in [5.74, 6) is -0.626. The summed E-state index contributed by atoms with van der Waals surface area (Å²) in [6.45, 7) is 0.197. The number of halogens is 2. The van der Waals surface area contributed by atoms with E-state index in [-0.39, 0.29) is 12.4 Å². The number of methoxy groups -OCH3 is 1. The molecule has 5 heteroatoms. The lowest BCUT2D eigenvalue weighted by Crippen LogP contribution is -2.03. The first kappa shape index (κ1) is 14.5. The van der Waals surface area contributed by atoms with Crippen LogP contribution in [-0.2, 0) is 11.3 Å². The van der Waals surface area contributed by atoms with Crippen LogP contribution in [0.4, 0.5) is 4.39 Å². The van der Waals surface area contributed by atoms with E-state index in [2.05, 4.69) is 20.7 Å². The summed E-state index contributed by atoms with van der Waals surface area (Å²) in [4.78, 5) is 11.4. The van der Waals surface area contributed by atoms with Crippen molar-refractivity contribution in [1.82, 2.24) is 0 Å². The fourth-order valence-corrected chi connectivity index (χ4v) is 2.12. The van der Waals surface area contributed by atoms with Crippen molar-refractivity contribution < 1.29 is 18.7 Å².